The van der Waals surface area contributed by atoms with Gasteiger partial charge in [-0.25, -0.2) is 0 Å². The summed E-state index contributed by atoms with van der Waals surface area (Å²) in [4.78, 5) is 10.1. The van der Waals surface area contributed by atoms with Crippen LogP contribution in [0.5, 0.6) is 0 Å². The first-order valence-electron chi connectivity index (χ1n) is 4.39. The van der Waals surface area contributed by atoms with E-state index in [1.54, 1.807) is 0 Å². The molecule has 82 valence electrons. The van der Waals surface area contributed by atoms with Crippen molar-refractivity contribution in [2.45, 2.75) is 12.8 Å². The maximum absolute atomic E-state index is 10.6. The van der Waals surface area contributed by atoms with Crippen molar-refractivity contribution in [1.29, 1.82) is 0 Å². The Morgan fingerprint density at radius 3 is 2.60 bits per heavy atom. The molecule has 0 saturated carbocycles. The Morgan fingerprint density at radius 1 is 1.40 bits per heavy atom. The third-order valence-electron chi connectivity index (χ3n) is 1.99. The molecule has 6 heteroatoms. The molecule has 1 aromatic rings. The molecule has 1 rings (SSSR count). The molecule has 0 unspecified atom stereocenters. The molecule has 0 saturated heterocycles. The number of rotatable bonds is 4. The summed E-state index contributed by atoms with van der Waals surface area (Å²) in [6, 6.07) is 2.79. The van der Waals surface area contributed by atoms with Crippen molar-refractivity contribution in [2.24, 2.45) is 5.73 Å². The van der Waals surface area contributed by atoms with Crippen LogP contribution in [-0.4, -0.2) is 11.5 Å². The van der Waals surface area contributed by atoms with Crippen molar-refractivity contribution in [3.05, 3.63) is 37.9 Å². The fourth-order valence-electron chi connectivity index (χ4n) is 1.23. The lowest BCUT2D eigenvalue weighted by atomic mass is 10.1. The summed E-state index contributed by atoms with van der Waals surface area (Å²) in [5.74, 6) is 0. The second-order valence-corrected chi connectivity index (χ2v) is 3.79. The number of halogens is 2. The Labute approximate surface area is 97.1 Å². The molecule has 0 aliphatic heterocycles. The van der Waals surface area contributed by atoms with Gasteiger partial charge in [0.25, 0.3) is 5.69 Å². The largest absolute Gasteiger partial charge is 0.330 e. The van der Waals surface area contributed by atoms with Crippen LogP contribution in [0.15, 0.2) is 12.1 Å². The van der Waals surface area contributed by atoms with E-state index in [2.05, 4.69) is 0 Å². The normalized spacial score (nSPS) is 10.3. The maximum Gasteiger partial charge on any atom is 0.288 e. The Balaban J connectivity index is 3.12. The van der Waals surface area contributed by atoms with Crippen LogP contribution in [0, 0.1) is 10.1 Å². The van der Waals surface area contributed by atoms with Crippen LogP contribution in [0.1, 0.15) is 12.0 Å². The van der Waals surface area contributed by atoms with Gasteiger partial charge in [-0.1, -0.05) is 23.2 Å². The average molecular weight is 249 g/mol. The zero-order chi connectivity index (χ0) is 11.4. The Kier molecular flexibility index (Phi) is 4.32. The molecule has 4 nitrogen and oxygen atoms in total. The Morgan fingerprint density at radius 2 is 2.07 bits per heavy atom. The second-order valence-electron chi connectivity index (χ2n) is 3.01. The van der Waals surface area contributed by atoms with Crippen LogP contribution in [0.25, 0.3) is 0 Å². The highest BCUT2D eigenvalue weighted by molar-refractivity contribution is 6.37. The lowest BCUT2D eigenvalue weighted by Crippen LogP contribution is -2.02. The van der Waals surface area contributed by atoms with Crippen molar-refractivity contribution in [3.8, 4) is 0 Å². The number of nitrogens with two attached hydrogens (primary N) is 1. The van der Waals surface area contributed by atoms with Crippen LogP contribution in [0.3, 0.4) is 0 Å². The van der Waals surface area contributed by atoms with Crippen molar-refractivity contribution in [2.75, 3.05) is 6.54 Å². The van der Waals surface area contributed by atoms with Crippen molar-refractivity contribution < 1.29 is 4.92 Å². The van der Waals surface area contributed by atoms with E-state index in [0.717, 1.165) is 0 Å². The zero-order valence-corrected chi connectivity index (χ0v) is 9.38. The first-order valence-corrected chi connectivity index (χ1v) is 5.15. The van der Waals surface area contributed by atoms with E-state index in [4.69, 9.17) is 28.9 Å². The van der Waals surface area contributed by atoms with E-state index in [-0.39, 0.29) is 10.7 Å². The highest BCUT2D eigenvalue weighted by atomic mass is 35.5. The minimum atomic E-state index is -0.523. The third kappa shape index (κ3) is 2.81. The van der Waals surface area contributed by atoms with Gasteiger partial charge < -0.3 is 5.73 Å². The van der Waals surface area contributed by atoms with Gasteiger partial charge >= 0.3 is 0 Å². The number of hydrogen-bond donors (Lipinski definition) is 1. The minimum absolute atomic E-state index is 0.112. The molecule has 0 atom stereocenters. The van der Waals surface area contributed by atoms with E-state index in [9.17, 15) is 10.1 Å². The molecule has 0 aliphatic carbocycles. The predicted octanol–water partition coefficient (Wildman–Crippen LogP) is 2.79. The average Bonchev–Trinajstić information content (AvgIpc) is 2.17. The molecule has 15 heavy (non-hydrogen) atoms. The molecule has 0 spiro atoms. The maximum atomic E-state index is 10.6. The summed E-state index contributed by atoms with van der Waals surface area (Å²) in [6.07, 6.45) is 1.25. The molecule has 0 aliphatic rings. The zero-order valence-electron chi connectivity index (χ0n) is 7.87. The second kappa shape index (κ2) is 5.30. The molecule has 0 aromatic heterocycles. The quantitative estimate of drug-likeness (QED) is 0.658. The SMILES string of the molecule is NCCCc1c(Cl)ccc([N+](=O)[O-])c1Cl. The van der Waals surface area contributed by atoms with E-state index in [1.165, 1.54) is 12.1 Å². The molecular weight excluding hydrogens is 239 g/mol. The number of nitrogens with zero attached hydrogens (tertiary/aromatic N) is 1. The standard InChI is InChI=1S/C9H10Cl2N2O2/c10-7-3-4-8(13(14)15)9(11)6(7)2-1-5-12/h3-4H,1-2,5,12H2. The van der Waals surface area contributed by atoms with Gasteiger partial charge in [0.05, 0.1) is 4.92 Å². The lowest BCUT2D eigenvalue weighted by Gasteiger charge is -2.06. The Hall–Kier alpha value is -0.840. The van der Waals surface area contributed by atoms with E-state index >= 15 is 0 Å². The van der Waals surface area contributed by atoms with Crippen LogP contribution in [0.2, 0.25) is 10.0 Å². The van der Waals surface area contributed by atoms with E-state index in [1.807, 2.05) is 0 Å². The summed E-state index contributed by atoms with van der Waals surface area (Å²) in [6.45, 7) is 0.495. The predicted molar refractivity (Wildman–Crippen MR) is 60.5 cm³/mol. The summed E-state index contributed by atoms with van der Waals surface area (Å²) in [7, 11) is 0. The minimum Gasteiger partial charge on any atom is -0.330 e. The van der Waals surface area contributed by atoms with Gasteiger partial charge in [0, 0.05) is 11.1 Å². The fourth-order valence-corrected chi connectivity index (χ4v) is 1.86. The summed E-state index contributed by atoms with van der Waals surface area (Å²) in [5, 5.41) is 11.2. The number of nitro benzene ring substituents is 1. The number of hydrogen-bond acceptors (Lipinski definition) is 3. The fraction of sp³-hybridized carbons (Fsp3) is 0.333. The third-order valence-corrected chi connectivity index (χ3v) is 2.77. The highest BCUT2D eigenvalue weighted by Gasteiger charge is 2.17. The van der Waals surface area contributed by atoms with Crippen LogP contribution in [0.4, 0.5) is 5.69 Å². The molecule has 0 heterocycles. The molecule has 0 bridgehead atoms. The van der Waals surface area contributed by atoms with Crippen LogP contribution < -0.4 is 5.73 Å². The van der Waals surface area contributed by atoms with Crippen molar-refractivity contribution >= 4 is 28.9 Å². The first-order chi connectivity index (χ1) is 7.07. The van der Waals surface area contributed by atoms with Crippen molar-refractivity contribution in [3.63, 3.8) is 0 Å². The van der Waals surface area contributed by atoms with Gasteiger partial charge in [0.15, 0.2) is 0 Å². The molecule has 1 aromatic carbocycles. The number of nitro groups is 1. The summed E-state index contributed by atoms with van der Waals surface area (Å²) in [5.41, 5.74) is 5.83. The van der Waals surface area contributed by atoms with E-state index < -0.39 is 4.92 Å². The first kappa shape index (κ1) is 12.2. The molecule has 0 amide bonds. The molecule has 0 fully saturated rings. The summed E-state index contributed by atoms with van der Waals surface area (Å²) < 4.78 is 0. The van der Waals surface area contributed by atoms with Gasteiger partial charge in [0.2, 0.25) is 0 Å². The van der Waals surface area contributed by atoms with Crippen molar-refractivity contribution in [1.82, 2.24) is 0 Å². The van der Waals surface area contributed by atoms with Gasteiger partial charge in [0.1, 0.15) is 5.02 Å². The molecule has 0 radical (unpaired) electrons. The van der Waals surface area contributed by atoms with Gasteiger partial charge in [-0.2, -0.15) is 0 Å². The lowest BCUT2D eigenvalue weighted by molar-refractivity contribution is -0.384. The number of benzene rings is 1. The molecule has 2 N–H and O–H groups in total. The van der Waals surface area contributed by atoms with Gasteiger partial charge in [-0.3, -0.25) is 10.1 Å². The van der Waals surface area contributed by atoms with Crippen LogP contribution in [-0.2, 0) is 6.42 Å². The topological polar surface area (TPSA) is 69.2 Å². The van der Waals surface area contributed by atoms with Crippen LogP contribution >= 0.6 is 23.2 Å². The monoisotopic (exact) mass is 248 g/mol. The van der Waals surface area contributed by atoms with E-state index in [0.29, 0.717) is 30.0 Å². The Bertz CT molecular complexity index is 383. The highest BCUT2D eigenvalue weighted by Crippen LogP contribution is 2.33. The molecular formula is C9H10Cl2N2O2. The van der Waals surface area contributed by atoms with Gasteiger partial charge in [-0.05, 0) is 31.0 Å². The smallest absolute Gasteiger partial charge is 0.288 e. The summed E-state index contributed by atoms with van der Waals surface area (Å²) >= 11 is 11.8. The van der Waals surface area contributed by atoms with Gasteiger partial charge in [-0.15, -0.1) is 0 Å².